The molecule has 2 heterocycles. The molecule has 0 aliphatic heterocycles. The molecule has 218 valence electrons. The lowest BCUT2D eigenvalue weighted by atomic mass is 10.0. The van der Waals surface area contributed by atoms with Crippen molar-refractivity contribution >= 4 is 33.9 Å². The summed E-state index contributed by atoms with van der Waals surface area (Å²) in [5.41, 5.74) is 1.24. The summed E-state index contributed by atoms with van der Waals surface area (Å²) in [6.07, 6.45) is -0.728. The number of aromatic carboxylic acids is 2. The van der Waals surface area contributed by atoms with Crippen molar-refractivity contribution in [1.29, 1.82) is 0 Å². The molecule has 0 bridgehead atoms. The highest BCUT2D eigenvalue weighted by Gasteiger charge is 2.20. The molecule has 11 heteroatoms. The Balaban J connectivity index is 1.59. The molecule has 3 N–H and O–H groups in total. The molecular weight excluding hydrogens is 548 g/mol. The zero-order valence-corrected chi connectivity index (χ0v) is 22.9. The Hall–Kier alpha value is -5.16. The normalized spacial score (nSPS) is 11.1. The molecule has 0 spiro atoms. The molecule has 4 rings (SSSR count). The molecule has 2 aromatic heterocycles. The zero-order chi connectivity index (χ0) is 30.7. The summed E-state index contributed by atoms with van der Waals surface area (Å²) in [5, 5.41) is 29.7. The van der Waals surface area contributed by atoms with Crippen LogP contribution in [-0.2, 0) is 12.8 Å². The molecule has 0 unspecified atom stereocenters. The van der Waals surface area contributed by atoms with Gasteiger partial charge in [-0.1, -0.05) is 24.3 Å². The third-order valence-corrected chi connectivity index (χ3v) is 6.16. The highest BCUT2D eigenvalue weighted by Crippen LogP contribution is 2.31. The first-order valence-electron chi connectivity index (χ1n) is 12.7. The van der Waals surface area contributed by atoms with Crippen molar-refractivity contribution < 1.29 is 43.2 Å². The van der Waals surface area contributed by atoms with E-state index in [0.29, 0.717) is 22.3 Å². The van der Waals surface area contributed by atoms with Crippen molar-refractivity contribution in [1.82, 2.24) is 0 Å². The van der Waals surface area contributed by atoms with Crippen molar-refractivity contribution in [3.8, 4) is 11.5 Å². The van der Waals surface area contributed by atoms with Gasteiger partial charge in [0.25, 0.3) is 0 Å². The van der Waals surface area contributed by atoms with Gasteiger partial charge < -0.3 is 33.6 Å². The van der Waals surface area contributed by atoms with Crippen molar-refractivity contribution in [3.63, 3.8) is 0 Å². The van der Waals surface area contributed by atoms with Crippen LogP contribution in [-0.4, -0.2) is 46.6 Å². The van der Waals surface area contributed by atoms with Crippen molar-refractivity contribution in [2.75, 3.05) is 13.2 Å². The van der Waals surface area contributed by atoms with E-state index < -0.39 is 40.4 Å². The molecule has 11 nitrogen and oxygen atoms in total. The van der Waals surface area contributed by atoms with Crippen LogP contribution in [0.15, 0.2) is 79.1 Å². The minimum Gasteiger partial charge on any atom is -0.490 e. The SMILES string of the molecule is C=C(C)Cc1c(OCC(O)COc2ccc3c(=O)cc(C(=O)O)oc3c2CC(=C)C)ccc2c(=O)cc(C(=O)O)oc12. The second-order valence-corrected chi connectivity index (χ2v) is 9.94. The van der Waals surface area contributed by atoms with Gasteiger partial charge in [0.05, 0.1) is 10.8 Å². The fourth-order valence-electron chi connectivity index (χ4n) is 4.35. The Morgan fingerprint density at radius 1 is 0.762 bits per heavy atom. The molecule has 0 saturated heterocycles. The fraction of sp³-hybridized carbons (Fsp3) is 0.226. The zero-order valence-electron chi connectivity index (χ0n) is 22.9. The van der Waals surface area contributed by atoms with E-state index in [-0.39, 0.29) is 59.5 Å². The van der Waals surface area contributed by atoms with E-state index in [1.54, 1.807) is 13.8 Å². The first-order chi connectivity index (χ1) is 19.8. The standard InChI is InChI=1S/C31H28O11/c1-15(2)9-20-24(7-5-18-22(33)11-26(30(35)36)41-28(18)20)39-13-17(32)14-40-25-8-6-19-23(34)12-27(31(37)38)42-29(19)21(25)10-16(3)4/h5-8,11-12,17,32H,1,3,9-10,13-14H2,2,4H3,(H,35,36)(H,37,38). The van der Waals surface area contributed by atoms with Crippen LogP contribution < -0.4 is 20.3 Å². The molecule has 0 fully saturated rings. The highest BCUT2D eigenvalue weighted by molar-refractivity contribution is 5.90. The minimum absolute atomic E-state index is 0.0500. The van der Waals surface area contributed by atoms with Crippen LogP contribution in [0.25, 0.3) is 21.9 Å². The van der Waals surface area contributed by atoms with Crippen molar-refractivity contribution in [3.05, 3.63) is 104 Å². The van der Waals surface area contributed by atoms with E-state index >= 15 is 0 Å². The number of fused-ring (bicyclic) bond motifs is 2. The van der Waals surface area contributed by atoms with E-state index in [4.69, 9.17) is 18.3 Å². The van der Waals surface area contributed by atoms with Gasteiger partial charge in [-0.15, -0.1) is 0 Å². The quantitative estimate of drug-likeness (QED) is 0.205. The monoisotopic (exact) mass is 576 g/mol. The Labute approximate surface area is 238 Å². The number of allylic oxidation sites excluding steroid dienone is 2. The van der Waals surface area contributed by atoms with Gasteiger partial charge in [0.2, 0.25) is 11.5 Å². The molecule has 0 radical (unpaired) electrons. The summed E-state index contributed by atoms with van der Waals surface area (Å²) < 4.78 is 22.7. The van der Waals surface area contributed by atoms with Gasteiger partial charge in [-0.25, -0.2) is 9.59 Å². The van der Waals surface area contributed by atoms with Crippen molar-refractivity contribution in [2.24, 2.45) is 0 Å². The van der Waals surface area contributed by atoms with Gasteiger partial charge in [-0.2, -0.15) is 0 Å². The first-order valence-corrected chi connectivity index (χ1v) is 12.7. The second-order valence-electron chi connectivity index (χ2n) is 9.94. The van der Waals surface area contributed by atoms with Gasteiger partial charge in [0, 0.05) is 36.1 Å². The summed E-state index contributed by atoms with van der Waals surface area (Å²) in [6.45, 7) is 10.8. The molecule has 0 aliphatic rings. The lowest BCUT2D eigenvalue weighted by Gasteiger charge is -2.18. The molecule has 0 saturated carbocycles. The molecule has 2 aromatic carbocycles. The number of aliphatic hydroxyl groups excluding tert-OH is 1. The molecule has 42 heavy (non-hydrogen) atoms. The van der Waals surface area contributed by atoms with Gasteiger partial charge in [-0.05, 0) is 38.1 Å². The lowest BCUT2D eigenvalue weighted by Crippen LogP contribution is -2.25. The smallest absolute Gasteiger partial charge is 0.371 e. The number of rotatable bonds is 12. The number of benzene rings is 2. The maximum Gasteiger partial charge on any atom is 0.371 e. The van der Waals surface area contributed by atoms with Gasteiger partial charge in [-0.3, -0.25) is 9.59 Å². The Morgan fingerprint density at radius 2 is 1.14 bits per heavy atom. The average Bonchev–Trinajstić information content (AvgIpc) is 2.91. The van der Waals surface area contributed by atoms with E-state index in [2.05, 4.69) is 13.2 Å². The summed E-state index contributed by atoms with van der Waals surface area (Å²) in [4.78, 5) is 47.9. The Morgan fingerprint density at radius 3 is 1.48 bits per heavy atom. The summed E-state index contributed by atoms with van der Waals surface area (Å²) >= 11 is 0. The van der Waals surface area contributed by atoms with Crippen LogP contribution in [0.3, 0.4) is 0 Å². The number of hydrogen-bond donors (Lipinski definition) is 3. The fourth-order valence-corrected chi connectivity index (χ4v) is 4.35. The first kappa shape index (κ1) is 29.8. The largest absolute Gasteiger partial charge is 0.490 e. The second kappa shape index (κ2) is 12.1. The van der Waals surface area contributed by atoms with E-state index in [1.165, 1.54) is 24.3 Å². The molecule has 0 aliphatic carbocycles. The average molecular weight is 577 g/mol. The minimum atomic E-state index is -1.40. The van der Waals surface area contributed by atoms with Crippen LogP contribution in [0.4, 0.5) is 0 Å². The summed E-state index contributed by atoms with van der Waals surface area (Å²) in [6, 6.07) is 7.76. The Kier molecular flexibility index (Phi) is 8.62. The highest BCUT2D eigenvalue weighted by atomic mass is 16.5. The molecule has 0 amide bonds. The number of carboxylic acids is 2. The molecular formula is C31H28O11. The van der Waals surface area contributed by atoms with E-state index in [1.807, 2.05) is 0 Å². The number of carbonyl (C=O) groups is 2. The molecule has 4 aromatic rings. The van der Waals surface area contributed by atoms with Crippen LogP contribution in [0.1, 0.15) is 46.1 Å². The van der Waals surface area contributed by atoms with E-state index in [0.717, 1.165) is 12.1 Å². The number of hydrogen-bond acceptors (Lipinski definition) is 9. The maximum absolute atomic E-state index is 12.5. The number of carboxylic acid groups (broad SMARTS) is 2. The van der Waals surface area contributed by atoms with Gasteiger partial charge in [0.15, 0.2) is 10.9 Å². The third kappa shape index (κ3) is 6.42. The van der Waals surface area contributed by atoms with Crippen LogP contribution in [0.2, 0.25) is 0 Å². The van der Waals surface area contributed by atoms with Crippen LogP contribution in [0, 0.1) is 0 Å². The van der Waals surface area contributed by atoms with E-state index in [9.17, 15) is 34.5 Å². The summed E-state index contributed by atoms with van der Waals surface area (Å²) in [7, 11) is 0. The lowest BCUT2D eigenvalue weighted by molar-refractivity contribution is 0.0620. The number of aliphatic hydroxyl groups is 1. The van der Waals surface area contributed by atoms with Crippen LogP contribution in [0.5, 0.6) is 11.5 Å². The third-order valence-electron chi connectivity index (χ3n) is 6.16. The summed E-state index contributed by atoms with van der Waals surface area (Å²) in [5.74, 6) is -3.32. The van der Waals surface area contributed by atoms with Gasteiger partial charge in [0.1, 0.15) is 42.0 Å². The predicted molar refractivity (Wildman–Crippen MR) is 153 cm³/mol. The van der Waals surface area contributed by atoms with Crippen molar-refractivity contribution in [2.45, 2.75) is 32.8 Å². The topological polar surface area (TPSA) is 174 Å². The number of ether oxygens (including phenoxy) is 2. The van der Waals surface area contributed by atoms with Gasteiger partial charge >= 0.3 is 11.9 Å². The molecule has 0 atom stereocenters. The Bertz CT molecular complexity index is 1720. The predicted octanol–water partition coefficient (Wildman–Crippen LogP) is 4.35. The maximum atomic E-state index is 12.5. The van der Waals surface area contributed by atoms with Crippen LogP contribution >= 0.6 is 0 Å².